The van der Waals surface area contributed by atoms with Crippen LogP contribution in [0.5, 0.6) is 5.75 Å². The zero-order chi connectivity index (χ0) is 18.2. The summed E-state index contributed by atoms with van der Waals surface area (Å²) in [5, 5.41) is 3.64. The van der Waals surface area contributed by atoms with Gasteiger partial charge in [-0.2, -0.15) is 0 Å². The van der Waals surface area contributed by atoms with Crippen molar-refractivity contribution in [2.24, 2.45) is 0 Å². The number of fused-ring (bicyclic) bond motifs is 1. The molecule has 0 saturated carbocycles. The number of nitrogens with zero attached hydrogens (tertiary/aromatic N) is 1. The lowest BCUT2D eigenvalue weighted by Crippen LogP contribution is -2.37. The van der Waals surface area contributed by atoms with Gasteiger partial charge in [-0.15, -0.1) is 0 Å². The Labute approximate surface area is 156 Å². The van der Waals surface area contributed by atoms with Crippen molar-refractivity contribution in [1.82, 2.24) is 10.2 Å². The number of benzene rings is 2. The van der Waals surface area contributed by atoms with E-state index in [1.807, 2.05) is 37.4 Å². The lowest BCUT2D eigenvalue weighted by Gasteiger charge is -2.21. The van der Waals surface area contributed by atoms with Gasteiger partial charge in [0.05, 0.1) is 5.56 Å². The summed E-state index contributed by atoms with van der Waals surface area (Å²) in [6.07, 6.45) is 4.17. The third kappa shape index (κ3) is 5.09. The van der Waals surface area contributed by atoms with Crippen molar-refractivity contribution in [2.75, 3.05) is 26.7 Å². The van der Waals surface area contributed by atoms with Crippen LogP contribution in [-0.2, 0) is 6.42 Å². The van der Waals surface area contributed by atoms with E-state index in [1.54, 1.807) is 4.90 Å². The van der Waals surface area contributed by atoms with E-state index < -0.39 is 0 Å². The van der Waals surface area contributed by atoms with Gasteiger partial charge in [-0.05, 0) is 43.5 Å². The van der Waals surface area contributed by atoms with Crippen LogP contribution in [0.1, 0.15) is 35.2 Å². The van der Waals surface area contributed by atoms with Crippen molar-refractivity contribution < 1.29 is 9.53 Å². The van der Waals surface area contributed by atoms with Crippen molar-refractivity contribution in [3.05, 3.63) is 65.7 Å². The lowest BCUT2D eigenvalue weighted by atomic mass is 10.1. The summed E-state index contributed by atoms with van der Waals surface area (Å²) >= 11 is 0. The van der Waals surface area contributed by atoms with E-state index in [-0.39, 0.29) is 11.9 Å². The number of carbonyl (C=O) groups is 1. The molecule has 0 unspecified atom stereocenters. The summed E-state index contributed by atoms with van der Waals surface area (Å²) in [6.45, 7) is 2.30. The minimum atomic E-state index is 0.0346. The summed E-state index contributed by atoms with van der Waals surface area (Å²) in [4.78, 5) is 14.5. The number of nitrogens with one attached hydrogen (secondary N) is 1. The Morgan fingerprint density at radius 3 is 2.65 bits per heavy atom. The summed E-state index contributed by atoms with van der Waals surface area (Å²) < 4.78 is 6.09. The van der Waals surface area contributed by atoms with Crippen LogP contribution in [0.3, 0.4) is 0 Å². The second-order valence-corrected chi connectivity index (χ2v) is 6.94. The molecular weight excluding hydrogens is 324 g/mol. The van der Waals surface area contributed by atoms with Gasteiger partial charge >= 0.3 is 0 Å². The molecule has 1 aliphatic rings. The second-order valence-electron chi connectivity index (χ2n) is 6.94. The average molecular weight is 352 g/mol. The number of amides is 1. The number of hydrogen-bond donors (Lipinski definition) is 1. The zero-order valence-corrected chi connectivity index (χ0v) is 15.5. The lowest BCUT2D eigenvalue weighted by molar-refractivity contribution is 0.0788. The van der Waals surface area contributed by atoms with E-state index in [9.17, 15) is 4.79 Å². The zero-order valence-electron chi connectivity index (χ0n) is 15.5. The van der Waals surface area contributed by atoms with E-state index in [2.05, 4.69) is 29.6 Å². The van der Waals surface area contributed by atoms with Crippen LogP contribution in [-0.4, -0.2) is 43.6 Å². The molecule has 1 N–H and O–H groups in total. The van der Waals surface area contributed by atoms with Gasteiger partial charge in [-0.25, -0.2) is 0 Å². The number of carbonyl (C=O) groups excluding carboxylic acids is 1. The van der Waals surface area contributed by atoms with E-state index in [1.165, 1.54) is 5.56 Å². The Balaban J connectivity index is 1.77. The van der Waals surface area contributed by atoms with Crippen molar-refractivity contribution >= 4 is 5.91 Å². The monoisotopic (exact) mass is 352 g/mol. The standard InChI is InChI=1S/C22H28N2O2/c1-24-15-9-3-8-14-23-19(16-18-10-4-2-5-11-18)17-26-21-13-7-6-12-20(21)22(24)25/h2,4-7,10-13,19,23H,3,8-9,14-17H2,1H3/t19-/m1/s1. The molecule has 138 valence electrons. The second kappa shape index (κ2) is 9.39. The van der Waals surface area contributed by atoms with Gasteiger partial charge in [0, 0.05) is 19.6 Å². The fourth-order valence-corrected chi connectivity index (χ4v) is 3.31. The maximum absolute atomic E-state index is 12.7. The Kier molecular flexibility index (Phi) is 6.67. The van der Waals surface area contributed by atoms with Gasteiger partial charge < -0.3 is 15.0 Å². The summed E-state index contributed by atoms with van der Waals surface area (Å²) in [5.41, 5.74) is 1.94. The molecule has 1 amide bonds. The number of rotatable bonds is 2. The van der Waals surface area contributed by atoms with E-state index in [4.69, 9.17) is 4.74 Å². The summed E-state index contributed by atoms with van der Waals surface area (Å²) in [5.74, 6) is 0.705. The van der Waals surface area contributed by atoms with E-state index in [0.717, 1.165) is 38.8 Å². The van der Waals surface area contributed by atoms with Gasteiger partial charge in [-0.1, -0.05) is 48.9 Å². The van der Waals surface area contributed by atoms with Crippen molar-refractivity contribution in [3.8, 4) is 5.75 Å². The van der Waals surface area contributed by atoms with Crippen LogP contribution in [0.2, 0.25) is 0 Å². The quantitative estimate of drug-likeness (QED) is 0.899. The molecule has 2 aromatic carbocycles. The van der Waals surface area contributed by atoms with E-state index in [0.29, 0.717) is 17.9 Å². The van der Waals surface area contributed by atoms with E-state index >= 15 is 0 Å². The fraction of sp³-hybridized carbons (Fsp3) is 0.409. The minimum absolute atomic E-state index is 0.0346. The molecule has 1 heterocycles. The van der Waals surface area contributed by atoms with Gasteiger partial charge in [-0.3, -0.25) is 4.79 Å². The highest BCUT2D eigenvalue weighted by Gasteiger charge is 2.18. The van der Waals surface area contributed by atoms with Gasteiger partial charge in [0.1, 0.15) is 12.4 Å². The number of para-hydroxylation sites is 1. The Morgan fingerprint density at radius 1 is 1.04 bits per heavy atom. The SMILES string of the molecule is CN1CCCCCN[C@H](Cc2ccccc2)COc2ccccc2C1=O. The minimum Gasteiger partial charge on any atom is -0.491 e. The molecule has 1 aliphatic heterocycles. The maximum Gasteiger partial charge on any atom is 0.257 e. The average Bonchev–Trinajstić information content (AvgIpc) is 2.69. The predicted octanol–water partition coefficient (Wildman–Crippen LogP) is 3.52. The molecule has 3 rings (SSSR count). The van der Waals surface area contributed by atoms with Crippen LogP contribution in [0.4, 0.5) is 0 Å². The fourth-order valence-electron chi connectivity index (χ4n) is 3.31. The highest BCUT2D eigenvalue weighted by molar-refractivity contribution is 5.96. The first-order valence-electron chi connectivity index (χ1n) is 9.48. The highest BCUT2D eigenvalue weighted by atomic mass is 16.5. The van der Waals surface area contributed by atoms with Crippen LogP contribution in [0.25, 0.3) is 0 Å². The molecule has 4 heteroatoms. The largest absolute Gasteiger partial charge is 0.491 e. The van der Waals surface area contributed by atoms with Gasteiger partial charge in [0.2, 0.25) is 0 Å². The molecule has 0 bridgehead atoms. The predicted molar refractivity (Wildman–Crippen MR) is 105 cm³/mol. The van der Waals surface area contributed by atoms with Crippen LogP contribution in [0.15, 0.2) is 54.6 Å². The summed E-state index contributed by atoms with van der Waals surface area (Å²) in [6, 6.07) is 18.3. The third-order valence-corrected chi connectivity index (χ3v) is 4.83. The molecule has 26 heavy (non-hydrogen) atoms. The molecule has 2 aromatic rings. The molecule has 0 saturated heterocycles. The normalized spacial score (nSPS) is 19.5. The molecule has 0 fully saturated rings. The molecule has 0 spiro atoms. The van der Waals surface area contributed by atoms with Crippen LogP contribution in [0, 0.1) is 0 Å². The smallest absolute Gasteiger partial charge is 0.257 e. The maximum atomic E-state index is 12.7. The Hall–Kier alpha value is -2.33. The molecule has 4 nitrogen and oxygen atoms in total. The van der Waals surface area contributed by atoms with Crippen molar-refractivity contribution in [1.29, 1.82) is 0 Å². The van der Waals surface area contributed by atoms with Crippen molar-refractivity contribution in [2.45, 2.75) is 31.7 Å². The molecular formula is C22H28N2O2. The van der Waals surface area contributed by atoms with Crippen LogP contribution < -0.4 is 10.1 Å². The highest BCUT2D eigenvalue weighted by Crippen LogP contribution is 2.20. The molecule has 0 aromatic heterocycles. The molecule has 1 atom stereocenters. The number of hydrogen-bond acceptors (Lipinski definition) is 3. The first-order chi connectivity index (χ1) is 12.7. The van der Waals surface area contributed by atoms with Gasteiger partial charge in [0.15, 0.2) is 0 Å². The summed E-state index contributed by atoms with van der Waals surface area (Å²) in [7, 11) is 1.87. The molecule has 0 radical (unpaired) electrons. The van der Waals surface area contributed by atoms with Crippen molar-refractivity contribution in [3.63, 3.8) is 0 Å². The Bertz CT molecular complexity index is 702. The third-order valence-electron chi connectivity index (χ3n) is 4.83. The Morgan fingerprint density at radius 2 is 1.81 bits per heavy atom. The first-order valence-corrected chi connectivity index (χ1v) is 9.48. The topological polar surface area (TPSA) is 41.6 Å². The van der Waals surface area contributed by atoms with Gasteiger partial charge in [0.25, 0.3) is 5.91 Å². The molecule has 0 aliphatic carbocycles. The van der Waals surface area contributed by atoms with Crippen LogP contribution >= 0.6 is 0 Å². The first kappa shape index (κ1) is 18.5. The number of ether oxygens (including phenoxy) is 1.